The summed E-state index contributed by atoms with van der Waals surface area (Å²) in [5.41, 5.74) is 0.452. The first-order chi connectivity index (χ1) is 8.99. The molecule has 0 aromatic heterocycles. The van der Waals surface area contributed by atoms with E-state index in [1.165, 1.54) is 6.92 Å². The lowest BCUT2D eigenvalue weighted by molar-refractivity contribution is -0.150. The Labute approximate surface area is 110 Å². The molecule has 0 aliphatic rings. The van der Waals surface area contributed by atoms with Crippen LogP contribution in [0.2, 0.25) is 0 Å². The largest absolute Gasteiger partial charge is 0.473 e. The standard InChI is InChI=1S/C13H17F2NO3/c1-4-18-13(17)8(2)19-12-10(14)5-9(7-16-3)6-11(12)15/h5-6,8,16H,4,7H2,1-3H3. The van der Waals surface area contributed by atoms with Gasteiger partial charge in [-0.05, 0) is 38.6 Å². The first-order valence-electron chi connectivity index (χ1n) is 5.95. The van der Waals surface area contributed by atoms with Gasteiger partial charge in [-0.3, -0.25) is 0 Å². The molecule has 0 aliphatic carbocycles. The van der Waals surface area contributed by atoms with Crippen LogP contribution in [0.5, 0.6) is 5.75 Å². The molecule has 1 rings (SSSR count). The monoisotopic (exact) mass is 273 g/mol. The van der Waals surface area contributed by atoms with Crippen molar-refractivity contribution in [2.24, 2.45) is 0 Å². The van der Waals surface area contributed by atoms with Crippen molar-refractivity contribution in [1.29, 1.82) is 0 Å². The van der Waals surface area contributed by atoms with Crippen LogP contribution in [-0.2, 0) is 16.1 Å². The summed E-state index contributed by atoms with van der Waals surface area (Å²) in [6.07, 6.45) is -1.07. The summed E-state index contributed by atoms with van der Waals surface area (Å²) in [7, 11) is 1.67. The van der Waals surface area contributed by atoms with Gasteiger partial charge in [0, 0.05) is 6.54 Å². The lowest BCUT2D eigenvalue weighted by Crippen LogP contribution is -2.27. The van der Waals surface area contributed by atoms with E-state index in [9.17, 15) is 13.6 Å². The molecule has 1 atom stereocenters. The molecule has 19 heavy (non-hydrogen) atoms. The molecule has 0 saturated carbocycles. The highest BCUT2D eigenvalue weighted by Gasteiger charge is 2.21. The number of rotatable bonds is 6. The second kappa shape index (κ2) is 7.04. The second-order valence-corrected chi connectivity index (χ2v) is 3.93. The smallest absolute Gasteiger partial charge is 0.347 e. The minimum absolute atomic E-state index is 0.179. The minimum Gasteiger partial charge on any atom is -0.473 e. The van der Waals surface area contributed by atoms with Gasteiger partial charge >= 0.3 is 5.97 Å². The van der Waals surface area contributed by atoms with Crippen molar-refractivity contribution in [3.05, 3.63) is 29.3 Å². The van der Waals surface area contributed by atoms with Crippen molar-refractivity contribution >= 4 is 5.97 Å². The maximum absolute atomic E-state index is 13.7. The third-order valence-corrected chi connectivity index (χ3v) is 2.35. The maximum Gasteiger partial charge on any atom is 0.347 e. The molecule has 0 spiro atoms. The van der Waals surface area contributed by atoms with Gasteiger partial charge in [0.05, 0.1) is 6.61 Å². The molecule has 0 fully saturated rings. The fourth-order valence-corrected chi connectivity index (χ4v) is 1.52. The van der Waals surface area contributed by atoms with Gasteiger partial charge in [-0.25, -0.2) is 13.6 Å². The van der Waals surface area contributed by atoms with Gasteiger partial charge in [-0.2, -0.15) is 0 Å². The average molecular weight is 273 g/mol. The Balaban J connectivity index is 2.86. The zero-order valence-electron chi connectivity index (χ0n) is 11.1. The van der Waals surface area contributed by atoms with E-state index in [4.69, 9.17) is 9.47 Å². The number of hydrogen-bond acceptors (Lipinski definition) is 4. The molecule has 1 N–H and O–H groups in total. The molecule has 1 aromatic carbocycles. The Morgan fingerprint density at radius 1 is 1.37 bits per heavy atom. The highest BCUT2D eigenvalue weighted by Crippen LogP contribution is 2.24. The number of ether oxygens (including phenoxy) is 2. The Morgan fingerprint density at radius 2 is 1.95 bits per heavy atom. The van der Waals surface area contributed by atoms with E-state index in [1.54, 1.807) is 14.0 Å². The third kappa shape index (κ3) is 4.17. The molecular weight excluding hydrogens is 256 g/mol. The first-order valence-corrected chi connectivity index (χ1v) is 5.95. The van der Waals surface area contributed by atoms with Crippen LogP contribution in [0, 0.1) is 11.6 Å². The summed E-state index contributed by atoms with van der Waals surface area (Å²) in [6.45, 7) is 3.52. The Kier molecular flexibility index (Phi) is 5.69. The molecule has 106 valence electrons. The highest BCUT2D eigenvalue weighted by atomic mass is 19.1. The predicted octanol–water partition coefficient (Wildman–Crippen LogP) is 2.01. The van der Waals surface area contributed by atoms with E-state index in [0.29, 0.717) is 12.1 Å². The first kappa shape index (κ1) is 15.4. The van der Waals surface area contributed by atoms with Crippen molar-refractivity contribution in [2.45, 2.75) is 26.5 Å². The van der Waals surface area contributed by atoms with E-state index in [2.05, 4.69) is 5.32 Å². The van der Waals surface area contributed by atoms with Crippen molar-refractivity contribution < 1.29 is 23.0 Å². The lowest BCUT2D eigenvalue weighted by atomic mass is 10.2. The van der Waals surface area contributed by atoms with E-state index < -0.39 is 29.5 Å². The van der Waals surface area contributed by atoms with Crippen LogP contribution < -0.4 is 10.1 Å². The normalized spacial score (nSPS) is 12.1. The SMILES string of the molecule is CCOC(=O)C(C)Oc1c(F)cc(CNC)cc1F. The maximum atomic E-state index is 13.7. The number of benzene rings is 1. The van der Waals surface area contributed by atoms with E-state index in [0.717, 1.165) is 12.1 Å². The number of hydrogen-bond donors (Lipinski definition) is 1. The molecule has 0 saturated heterocycles. The molecular formula is C13H17F2NO3. The number of halogens is 2. The molecule has 0 amide bonds. The van der Waals surface area contributed by atoms with Crippen LogP contribution in [0.4, 0.5) is 8.78 Å². The quantitative estimate of drug-likeness (QED) is 0.805. The minimum atomic E-state index is -1.07. The summed E-state index contributed by atoms with van der Waals surface area (Å²) in [6, 6.07) is 2.32. The zero-order valence-corrected chi connectivity index (χ0v) is 11.1. The van der Waals surface area contributed by atoms with E-state index >= 15 is 0 Å². The zero-order chi connectivity index (χ0) is 14.4. The van der Waals surface area contributed by atoms with E-state index in [-0.39, 0.29) is 6.61 Å². The molecule has 1 aromatic rings. The summed E-state index contributed by atoms with van der Waals surface area (Å²) in [5, 5.41) is 2.79. The number of nitrogens with one attached hydrogen (secondary N) is 1. The van der Waals surface area contributed by atoms with Gasteiger partial charge in [0.15, 0.2) is 23.5 Å². The topological polar surface area (TPSA) is 47.6 Å². The summed E-state index contributed by atoms with van der Waals surface area (Å²) >= 11 is 0. The Hall–Kier alpha value is -1.69. The van der Waals surface area contributed by atoms with Crippen LogP contribution >= 0.6 is 0 Å². The van der Waals surface area contributed by atoms with Crippen LogP contribution in [0.25, 0.3) is 0 Å². The summed E-state index contributed by atoms with van der Waals surface area (Å²) < 4.78 is 37.1. The number of carbonyl (C=O) groups excluding carboxylic acids is 1. The molecule has 4 nitrogen and oxygen atoms in total. The molecule has 0 bridgehead atoms. The van der Waals surface area contributed by atoms with Crippen LogP contribution in [0.3, 0.4) is 0 Å². The van der Waals surface area contributed by atoms with Gasteiger partial charge in [-0.15, -0.1) is 0 Å². The molecule has 6 heteroatoms. The summed E-state index contributed by atoms with van der Waals surface area (Å²) in [5.74, 6) is -2.93. The van der Waals surface area contributed by atoms with Gasteiger partial charge in [-0.1, -0.05) is 0 Å². The van der Waals surface area contributed by atoms with Gasteiger partial charge in [0.1, 0.15) is 0 Å². The molecule has 1 unspecified atom stereocenters. The van der Waals surface area contributed by atoms with E-state index in [1.807, 2.05) is 0 Å². The van der Waals surface area contributed by atoms with Crippen molar-refractivity contribution in [1.82, 2.24) is 5.32 Å². The highest BCUT2D eigenvalue weighted by molar-refractivity contribution is 5.74. The Bertz CT molecular complexity index is 429. The van der Waals surface area contributed by atoms with Crippen molar-refractivity contribution in [2.75, 3.05) is 13.7 Å². The van der Waals surface area contributed by atoms with Crippen molar-refractivity contribution in [3.8, 4) is 5.75 Å². The number of carbonyl (C=O) groups is 1. The molecule has 0 heterocycles. The third-order valence-electron chi connectivity index (χ3n) is 2.35. The Morgan fingerprint density at radius 3 is 2.42 bits per heavy atom. The predicted molar refractivity (Wildman–Crippen MR) is 65.8 cm³/mol. The van der Waals surface area contributed by atoms with Crippen LogP contribution in [0.1, 0.15) is 19.4 Å². The molecule has 0 aliphatic heterocycles. The fraction of sp³-hybridized carbons (Fsp3) is 0.462. The van der Waals surface area contributed by atoms with Gasteiger partial charge < -0.3 is 14.8 Å². The number of esters is 1. The van der Waals surface area contributed by atoms with Crippen LogP contribution in [0.15, 0.2) is 12.1 Å². The average Bonchev–Trinajstić information content (AvgIpc) is 2.34. The fourth-order valence-electron chi connectivity index (χ4n) is 1.52. The van der Waals surface area contributed by atoms with Gasteiger partial charge in [0.25, 0.3) is 0 Å². The van der Waals surface area contributed by atoms with Crippen LogP contribution in [-0.4, -0.2) is 25.7 Å². The summed E-state index contributed by atoms with van der Waals surface area (Å²) in [4.78, 5) is 11.3. The van der Waals surface area contributed by atoms with Crippen molar-refractivity contribution in [3.63, 3.8) is 0 Å². The lowest BCUT2D eigenvalue weighted by Gasteiger charge is -2.15. The molecule has 0 radical (unpaired) electrons. The van der Waals surface area contributed by atoms with Gasteiger partial charge in [0.2, 0.25) is 0 Å². The second-order valence-electron chi connectivity index (χ2n) is 3.93.